The Morgan fingerprint density at radius 1 is 1.46 bits per heavy atom. The number of piperidine rings is 1. The predicted octanol–water partition coefficient (Wildman–Crippen LogP) is 4.28. The van der Waals surface area contributed by atoms with E-state index in [9.17, 15) is 20.0 Å². The second-order valence-electron chi connectivity index (χ2n) is 6.04. The third-order valence-corrected chi connectivity index (χ3v) is 6.74. The van der Waals surface area contributed by atoms with Crippen LogP contribution in [0.25, 0.3) is 0 Å². The van der Waals surface area contributed by atoms with Gasteiger partial charge >= 0.3 is 0 Å². The predicted molar refractivity (Wildman–Crippen MR) is 96.0 cm³/mol. The smallest absolute Gasteiger partial charge is 0.271 e. The zero-order valence-electron chi connectivity index (χ0n) is 13.3. The quantitative estimate of drug-likeness (QED) is 0.452. The van der Waals surface area contributed by atoms with E-state index in [0.717, 1.165) is 13.0 Å². The molecule has 3 rings (SSSR count). The average molecular weight is 413 g/mol. The minimum atomic E-state index is -0.561. The Morgan fingerprint density at radius 2 is 2.17 bits per heavy atom. The molecule has 1 aromatic rings. The molecule has 0 bridgehead atoms. The number of phenols is 1. The Balaban J connectivity index is 1.96. The van der Waals surface area contributed by atoms with Gasteiger partial charge in [0.1, 0.15) is 5.75 Å². The number of hydrogen-bond donors (Lipinski definition) is 1. The van der Waals surface area contributed by atoms with Crippen LogP contribution < -0.4 is 0 Å². The van der Waals surface area contributed by atoms with Crippen LogP contribution in [-0.2, 0) is 0 Å². The normalized spacial score (nSPS) is 23.4. The van der Waals surface area contributed by atoms with E-state index in [0.29, 0.717) is 6.42 Å². The van der Waals surface area contributed by atoms with Crippen molar-refractivity contribution >= 4 is 39.2 Å². The van der Waals surface area contributed by atoms with Crippen LogP contribution in [0.4, 0.5) is 5.69 Å². The van der Waals surface area contributed by atoms with E-state index in [1.165, 1.54) is 22.7 Å². The molecule has 128 valence electrons. The number of halogens is 1. The Hall–Kier alpha value is -1.54. The molecule has 2 aliphatic heterocycles. The fourth-order valence-corrected chi connectivity index (χ4v) is 5.19. The Kier molecular flexibility index (Phi) is 4.61. The molecule has 1 aromatic carbocycles. The SMILES string of the molecule is CC1=C(C)N2CCCC(C(=O)c3cc([N+](=O)[O-])cc(Br)c3O)C2S1. The van der Waals surface area contributed by atoms with Gasteiger partial charge in [0.05, 0.1) is 26.3 Å². The highest BCUT2D eigenvalue weighted by molar-refractivity contribution is 9.10. The average Bonchev–Trinajstić information content (AvgIpc) is 2.84. The van der Waals surface area contributed by atoms with Crippen molar-refractivity contribution in [2.45, 2.75) is 32.1 Å². The molecule has 2 aliphatic rings. The summed E-state index contributed by atoms with van der Waals surface area (Å²) in [6.07, 6.45) is 1.60. The first-order valence-electron chi connectivity index (χ1n) is 7.63. The van der Waals surface area contributed by atoms with Gasteiger partial charge < -0.3 is 10.0 Å². The molecule has 1 N–H and O–H groups in total. The van der Waals surface area contributed by atoms with Crippen LogP contribution in [0.1, 0.15) is 37.0 Å². The van der Waals surface area contributed by atoms with E-state index < -0.39 is 4.92 Å². The minimum Gasteiger partial charge on any atom is -0.506 e. The number of hydrogen-bond acceptors (Lipinski definition) is 6. The Morgan fingerprint density at radius 3 is 2.83 bits per heavy atom. The lowest BCUT2D eigenvalue weighted by atomic mass is 9.89. The number of Topliss-reactive ketones (excluding diaryl/α,β-unsaturated/α-hetero) is 1. The highest BCUT2D eigenvalue weighted by Gasteiger charge is 2.42. The maximum Gasteiger partial charge on any atom is 0.271 e. The molecular formula is C16H17BrN2O4S. The number of ketones is 1. The molecule has 0 aromatic heterocycles. The number of carbonyl (C=O) groups is 1. The molecule has 6 nitrogen and oxygen atoms in total. The molecule has 2 unspecified atom stereocenters. The van der Waals surface area contributed by atoms with Crippen molar-refractivity contribution in [2.24, 2.45) is 5.92 Å². The molecule has 8 heteroatoms. The van der Waals surface area contributed by atoms with Crippen molar-refractivity contribution in [3.05, 3.63) is 42.9 Å². The molecule has 1 saturated heterocycles. The number of benzene rings is 1. The molecule has 0 saturated carbocycles. The summed E-state index contributed by atoms with van der Waals surface area (Å²) < 4.78 is 0.164. The molecule has 0 amide bonds. The first kappa shape index (κ1) is 17.3. The number of allylic oxidation sites excluding steroid dienone is 2. The Labute approximate surface area is 152 Å². The summed E-state index contributed by atoms with van der Waals surface area (Å²) in [5, 5.41) is 21.3. The van der Waals surface area contributed by atoms with E-state index in [4.69, 9.17) is 0 Å². The van der Waals surface area contributed by atoms with Crippen LogP contribution in [0.2, 0.25) is 0 Å². The molecule has 0 aliphatic carbocycles. The summed E-state index contributed by atoms with van der Waals surface area (Å²) in [5.41, 5.74) is 0.998. The summed E-state index contributed by atoms with van der Waals surface area (Å²) in [4.78, 5) is 27.0. The van der Waals surface area contributed by atoms with Crippen LogP contribution in [0.5, 0.6) is 5.75 Å². The van der Waals surface area contributed by atoms with Crippen molar-refractivity contribution in [1.29, 1.82) is 0 Å². The van der Waals surface area contributed by atoms with E-state index in [-0.39, 0.29) is 38.5 Å². The van der Waals surface area contributed by atoms with Crippen LogP contribution in [0.3, 0.4) is 0 Å². The van der Waals surface area contributed by atoms with Gasteiger partial charge in [0.25, 0.3) is 5.69 Å². The molecule has 2 atom stereocenters. The standard InChI is InChI=1S/C16H17BrN2O4S/c1-8-9(2)24-16-11(4-3-5-18(8)16)14(20)12-6-10(19(22)23)7-13(17)15(12)21/h6-7,11,16,21H,3-5H2,1-2H3. The molecular weight excluding hydrogens is 396 g/mol. The number of nitro groups is 1. The number of thioether (sulfide) groups is 1. The minimum absolute atomic E-state index is 0.00341. The number of aromatic hydroxyl groups is 1. The van der Waals surface area contributed by atoms with Gasteiger partial charge in [0.15, 0.2) is 5.78 Å². The number of phenolic OH excluding ortho intramolecular Hbond substituents is 1. The number of rotatable bonds is 3. The topological polar surface area (TPSA) is 83.7 Å². The number of carbonyl (C=O) groups excluding carboxylic acids is 1. The largest absolute Gasteiger partial charge is 0.506 e. The molecule has 0 spiro atoms. The number of non-ortho nitro benzene ring substituents is 1. The van der Waals surface area contributed by atoms with E-state index in [2.05, 4.69) is 27.8 Å². The second kappa shape index (κ2) is 6.40. The monoisotopic (exact) mass is 412 g/mol. The van der Waals surface area contributed by atoms with E-state index in [1.807, 2.05) is 6.92 Å². The van der Waals surface area contributed by atoms with Crippen molar-refractivity contribution in [2.75, 3.05) is 6.54 Å². The van der Waals surface area contributed by atoms with Crippen LogP contribution in [0, 0.1) is 16.0 Å². The highest BCUT2D eigenvalue weighted by Crippen LogP contribution is 2.46. The number of nitrogens with zero attached hydrogens (tertiary/aromatic N) is 2. The molecule has 24 heavy (non-hydrogen) atoms. The number of fused-ring (bicyclic) bond motifs is 1. The van der Waals surface area contributed by atoms with Gasteiger partial charge in [-0.15, -0.1) is 11.8 Å². The lowest BCUT2D eigenvalue weighted by molar-refractivity contribution is -0.385. The lowest BCUT2D eigenvalue weighted by Crippen LogP contribution is -2.42. The highest BCUT2D eigenvalue weighted by atomic mass is 79.9. The Bertz CT molecular complexity index is 765. The summed E-state index contributed by atoms with van der Waals surface area (Å²) in [7, 11) is 0. The van der Waals surface area contributed by atoms with Crippen LogP contribution >= 0.6 is 27.7 Å². The summed E-state index contributed by atoms with van der Waals surface area (Å²) >= 11 is 4.77. The maximum absolute atomic E-state index is 13.0. The van der Waals surface area contributed by atoms with Gasteiger partial charge in [-0.3, -0.25) is 14.9 Å². The zero-order valence-corrected chi connectivity index (χ0v) is 15.7. The maximum atomic E-state index is 13.0. The zero-order chi connectivity index (χ0) is 17.6. The van der Waals surface area contributed by atoms with Crippen molar-refractivity contribution in [1.82, 2.24) is 4.90 Å². The number of nitro benzene ring substituents is 1. The van der Waals surface area contributed by atoms with Gasteiger partial charge in [-0.05, 0) is 42.6 Å². The summed E-state index contributed by atoms with van der Waals surface area (Å²) in [5.74, 6) is -0.760. The molecule has 1 fully saturated rings. The first-order chi connectivity index (χ1) is 11.3. The third kappa shape index (κ3) is 2.82. The van der Waals surface area contributed by atoms with Crippen molar-refractivity contribution < 1.29 is 14.8 Å². The van der Waals surface area contributed by atoms with Crippen LogP contribution in [-0.4, -0.2) is 32.6 Å². The first-order valence-corrected chi connectivity index (χ1v) is 9.30. The van der Waals surface area contributed by atoms with Gasteiger partial charge in [-0.1, -0.05) is 0 Å². The molecule has 0 radical (unpaired) electrons. The van der Waals surface area contributed by atoms with Gasteiger partial charge in [-0.25, -0.2) is 0 Å². The fourth-order valence-electron chi connectivity index (χ4n) is 3.28. The van der Waals surface area contributed by atoms with Crippen molar-refractivity contribution in [3.63, 3.8) is 0 Å². The summed E-state index contributed by atoms with van der Waals surface area (Å²) in [6.45, 7) is 5.01. The van der Waals surface area contributed by atoms with Crippen LogP contribution in [0.15, 0.2) is 27.2 Å². The van der Waals surface area contributed by atoms with E-state index >= 15 is 0 Å². The van der Waals surface area contributed by atoms with E-state index in [1.54, 1.807) is 11.8 Å². The lowest BCUT2D eigenvalue weighted by Gasteiger charge is -2.37. The third-order valence-electron chi connectivity index (χ3n) is 4.66. The summed E-state index contributed by atoms with van der Waals surface area (Å²) in [6, 6.07) is 2.38. The second-order valence-corrected chi connectivity index (χ2v) is 8.22. The van der Waals surface area contributed by atoms with Gasteiger partial charge in [0, 0.05) is 29.3 Å². The molecule has 2 heterocycles. The fraction of sp³-hybridized carbons (Fsp3) is 0.438. The van der Waals surface area contributed by atoms with Gasteiger partial charge in [-0.2, -0.15) is 0 Å². The van der Waals surface area contributed by atoms with Crippen molar-refractivity contribution in [3.8, 4) is 5.75 Å². The van der Waals surface area contributed by atoms with Gasteiger partial charge in [0.2, 0.25) is 0 Å².